The summed E-state index contributed by atoms with van der Waals surface area (Å²) in [5.41, 5.74) is 0.675. The average Bonchev–Trinajstić information content (AvgIpc) is 4.03. The molecule has 10 rings (SSSR count). The number of hydrogen-bond acceptors (Lipinski definition) is 10. The fourth-order valence-electron chi connectivity index (χ4n) is 8.27. The number of hydrogen-bond donors (Lipinski definition) is 0. The molecule has 2 atom stereocenters. The predicted octanol–water partition coefficient (Wildman–Crippen LogP) is 10.4. The summed E-state index contributed by atoms with van der Waals surface area (Å²) < 4.78 is 68.3. The van der Waals surface area contributed by atoms with Gasteiger partial charge in [0.2, 0.25) is 0 Å². The molecule has 0 bridgehead atoms. The third kappa shape index (κ3) is 6.91. The number of esters is 2. The molecule has 4 aliphatic carbocycles. The van der Waals surface area contributed by atoms with Crippen LogP contribution in [0.1, 0.15) is 95.0 Å². The maximum Gasteiger partial charge on any atom is 0.338 e. The summed E-state index contributed by atoms with van der Waals surface area (Å²) >= 11 is 2.26. The number of halogens is 4. The molecule has 8 nitrogen and oxygen atoms in total. The predicted molar refractivity (Wildman–Crippen MR) is 229 cm³/mol. The highest BCUT2D eigenvalue weighted by molar-refractivity contribution is 7.14. The summed E-state index contributed by atoms with van der Waals surface area (Å²) in [5, 5.41) is 0. The summed E-state index contributed by atoms with van der Waals surface area (Å²) in [6, 6.07) is 23.9. The van der Waals surface area contributed by atoms with Crippen LogP contribution >= 0.6 is 22.7 Å². The van der Waals surface area contributed by atoms with E-state index in [9.17, 15) is 46.3 Å². The van der Waals surface area contributed by atoms with Crippen molar-refractivity contribution in [2.75, 3.05) is 0 Å². The van der Waals surface area contributed by atoms with Crippen LogP contribution in [0.3, 0.4) is 0 Å². The highest BCUT2D eigenvalue weighted by Gasteiger charge is 2.42. The van der Waals surface area contributed by atoms with E-state index >= 15 is 0 Å². The highest BCUT2D eigenvalue weighted by atomic mass is 32.1. The van der Waals surface area contributed by atoms with Gasteiger partial charge in [0.15, 0.2) is 46.4 Å². The standard InChI is InChI=1S/C50H26F4O8S2/c51-39-17-27-28(18-40(39)52)44(56)37(43(27)55)13-25-11-31-35(49(59)61-21-23-7-3-1-4-8-23)15-33-34(47(31)63-25)16-36(50(60)62-22-24-9-5-2-6-10-24)32-12-26(64-48(32)33)14-38-45(57)29-19-41(53)42(54)20-30(29)46(38)58/h1-20,33-34H,21-22H2. The molecule has 4 aromatic carbocycles. The number of fused-ring (bicyclic) bond motifs is 7. The van der Waals surface area contributed by atoms with Gasteiger partial charge in [-0.25, -0.2) is 27.2 Å². The van der Waals surface area contributed by atoms with E-state index in [1.54, 1.807) is 72.8 Å². The van der Waals surface area contributed by atoms with Crippen molar-refractivity contribution in [3.05, 3.63) is 208 Å². The fraction of sp³-hybridized carbons (Fsp3) is 0.0800. The number of carbonyl (C=O) groups is 6. The summed E-state index contributed by atoms with van der Waals surface area (Å²) in [6.07, 6.45) is 6.00. The number of rotatable bonds is 8. The zero-order valence-electron chi connectivity index (χ0n) is 32.7. The van der Waals surface area contributed by atoms with Crippen molar-refractivity contribution in [1.82, 2.24) is 0 Å². The Morgan fingerprint density at radius 3 is 1.14 bits per heavy atom. The normalized spacial score (nSPS) is 16.9. The van der Waals surface area contributed by atoms with Crippen LogP contribution in [-0.4, -0.2) is 35.1 Å². The van der Waals surface area contributed by atoms with Gasteiger partial charge in [-0.1, -0.05) is 72.8 Å². The average molecular weight is 895 g/mol. The van der Waals surface area contributed by atoms with E-state index in [1.807, 2.05) is 12.1 Å². The Morgan fingerprint density at radius 1 is 0.484 bits per heavy atom. The topological polar surface area (TPSA) is 121 Å². The van der Waals surface area contributed by atoms with Gasteiger partial charge in [0.1, 0.15) is 13.2 Å². The molecule has 0 saturated heterocycles. The Bertz CT molecular complexity index is 2930. The summed E-state index contributed by atoms with van der Waals surface area (Å²) in [7, 11) is 0. The highest BCUT2D eigenvalue weighted by Crippen LogP contribution is 2.55. The monoisotopic (exact) mass is 894 g/mol. The molecule has 0 fully saturated rings. The summed E-state index contributed by atoms with van der Waals surface area (Å²) in [5.74, 6) is -11.1. The zero-order valence-corrected chi connectivity index (χ0v) is 34.3. The van der Waals surface area contributed by atoms with E-state index in [0.29, 0.717) is 66.0 Å². The molecule has 0 spiro atoms. The van der Waals surface area contributed by atoms with Crippen molar-refractivity contribution < 1.29 is 55.8 Å². The van der Waals surface area contributed by atoms with Crippen LogP contribution in [-0.2, 0) is 32.3 Å². The Morgan fingerprint density at radius 2 is 0.812 bits per heavy atom. The lowest BCUT2D eigenvalue weighted by molar-refractivity contribution is -0.138. The van der Waals surface area contributed by atoms with Crippen molar-refractivity contribution in [3.8, 4) is 0 Å². The summed E-state index contributed by atoms with van der Waals surface area (Å²) in [4.78, 5) is 83.7. The smallest absolute Gasteiger partial charge is 0.338 e. The first-order valence-corrected chi connectivity index (χ1v) is 21.2. The molecule has 2 aromatic heterocycles. The number of allylic oxidation sites excluding steroid dienone is 4. The lowest BCUT2D eigenvalue weighted by Gasteiger charge is -2.32. The second kappa shape index (κ2) is 15.7. The Labute approximate surface area is 368 Å². The van der Waals surface area contributed by atoms with E-state index in [1.165, 1.54) is 12.2 Å². The van der Waals surface area contributed by atoms with Crippen LogP contribution in [0.2, 0.25) is 0 Å². The first-order chi connectivity index (χ1) is 30.8. The maximum absolute atomic E-state index is 14.2. The summed E-state index contributed by atoms with van der Waals surface area (Å²) in [6.45, 7) is -0.152. The first-order valence-electron chi connectivity index (χ1n) is 19.6. The molecule has 64 heavy (non-hydrogen) atoms. The van der Waals surface area contributed by atoms with E-state index < -0.39 is 70.2 Å². The van der Waals surface area contributed by atoms with Crippen molar-refractivity contribution in [2.24, 2.45) is 0 Å². The second-order valence-electron chi connectivity index (χ2n) is 15.2. The van der Waals surface area contributed by atoms with Gasteiger partial charge in [0, 0.05) is 64.7 Å². The second-order valence-corrected chi connectivity index (χ2v) is 17.5. The van der Waals surface area contributed by atoms with E-state index in [-0.39, 0.29) is 57.8 Å². The molecule has 0 radical (unpaired) electrons. The van der Waals surface area contributed by atoms with Crippen molar-refractivity contribution in [2.45, 2.75) is 25.0 Å². The molecule has 2 heterocycles. The van der Waals surface area contributed by atoms with E-state index in [4.69, 9.17) is 9.47 Å². The molecule has 0 amide bonds. The molecule has 0 N–H and O–H groups in total. The van der Waals surface area contributed by atoms with Gasteiger partial charge in [-0.3, -0.25) is 19.2 Å². The van der Waals surface area contributed by atoms with Crippen LogP contribution < -0.4 is 0 Å². The lowest BCUT2D eigenvalue weighted by atomic mass is 9.74. The molecule has 314 valence electrons. The molecule has 2 unspecified atom stereocenters. The van der Waals surface area contributed by atoms with Crippen LogP contribution in [0.4, 0.5) is 17.6 Å². The first kappa shape index (κ1) is 40.6. The van der Waals surface area contributed by atoms with Crippen molar-refractivity contribution >= 4 is 81.0 Å². The van der Waals surface area contributed by atoms with Gasteiger partial charge < -0.3 is 9.47 Å². The van der Waals surface area contributed by atoms with Crippen molar-refractivity contribution in [3.63, 3.8) is 0 Å². The Kier molecular flexibility index (Phi) is 9.99. The number of Topliss-reactive ketones (excluding diaryl/α,β-unsaturated/α-hetero) is 4. The van der Waals surface area contributed by atoms with Gasteiger partial charge in [-0.15, -0.1) is 22.7 Å². The lowest BCUT2D eigenvalue weighted by Crippen LogP contribution is -2.22. The van der Waals surface area contributed by atoms with E-state index in [0.717, 1.165) is 22.7 Å². The SMILES string of the molecule is O=C(OCc1ccccc1)C1=CC2c3sc(C=C4C(=O)c5cc(F)c(F)cc5C4=O)cc3C(C(=O)OCc3ccccc3)=CC2c2sc(C=C3C(=O)c4cc(F)c(F)cc4C3=O)cc21. The number of ether oxygens (including phenoxy) is 2. The van der Waals surface area contributed by atoms with Gasteiger partial charge in [0.05, 0.1) is 22.3 Å². The van der Waals surface area contributed by atoms with Crippen LogP contribution in [0, 0.1) is 23.3 Å². The Hall–Kier alpha value is -7.42. The van der Waals surface area contributed by atoms with E-state index in [2.05, 4.69) is 0 Å². The minimum atomic E-state index is -1.28. The number of carbonyl (C=O) groups excluding carboxylic acids is 6. The van der Waals surface area contributed by atoms with Crippen LogP contribution in [0.25, 0.3) is 23.3 Å². The zero-order chi connectivity index (χ0) is 44.6. The van der Waals surface area contributed by atoms with Gasteiger partial charge in [0.25, 0.3) is 0 Å². The third-order valence-corrected chi connectivity index (χ3v) is 13.7. The van der Waals surface area contributed by atoms with Crippen molar-refractivity contribution in [1.29, 1.82) is 0 Å². The fourth-order valence-corrected chi connectivity index (χ4v) is 10.7. The van der Waals surface area contributed by atoms with Gasteiger partial charge in [-0.05, 0) is 59.7 Å². The molecule has 4 aliphatic rings. The van der Waals surface area contributed by atoms with Crippen LogP contribution in [0.5, 0.6) is 0 Å². The quantitative estimate of drug-likeness (QED) is 0.0641. The molecule has 6 aromatic rings. The number of benzene rings is 4. The largest absolute Gasteiger partial charge is 0.457 e. The maximum atomic E-state index is 14.2. The third-order valence-electron chi connectivity index (χ3n) is 11.3. The van der Waals surface area contributed by atoms with Gasteiger partial charge >= 0.3 is 11.9 Å². The molecular formula is C50H26F4O8S2. The van der Waals surface area contributed by atoms with Gasteiger partial charge in [-0.2, -0.15) is 0 Å². The minimum absolute atomic E-state index is 0.0760. The molecule has 14 heteroatoms. The number of ketones is 4. The van der Waals surface area contributed by atoms with Crippen LogP contribution in [0.15, 0.2) is 120 Å². The number of thiophene rings is 2. The Balaban J connectivity index is 1.09. The minimum Gasteiger partial charge on any atom is -0.457 e. The molecule has 0 aliphatic heterocycles. The molecule has 0 saturated carbocycles. The molecular weight excluding hydrogens is 869 g/mol.